The highest BCUT2D eigenvalue weighted by atomic mass is 32.2. The lowest BCUT2D eigenvalue weighted by Crippen LogP contribution is -2.19. The highest BCUT2D eigenvalue weighted by Gasteiger charge is 2.22. The molecule has 0 aliphatic heterocycles. The van der Waals surface area contributed by atoms with Gasteiger partial charge < -0.3 is 0 Å². The van der Waals surface area contributed by atoms with Gasteiger partial charge >= 0.3 is 0 Å². The maximum Gasteiger partial charge on any atom is 0.199 e. The van der Waals surface area contributed by atoms with Crippen molar-refractivity contribution in [2.45, 2.75) is 78.1 Å². The molecule has 0 amide bonds. The maximum absolute atomic E-state index is 12.3. The Hall–Kier alpha value is -1.09. The summed E-state index contributed by atoms with van der Waals surface area (Å²) in [6, 6.07) is 9.10. The van der Waals surface area contributed by atoms with E-state index in [4.69, 9.17) is 0 Å². The Morgan fingerprint density at radius 1 is 0.840 bits per heavy atom. The topological polar surface area (TPSA) is 34.1 Å². The van der Waals surface area contributed by atoms with Crippen LogP contribution >= 0.6 is 11.8 Å². The Morgan fingerprint density at radius 2 is 1.36 bits per heavy atom. The molecule has 140 valence electrons. The molecule has 0 aliphatic rings. The minimum absolute atomic E-state index is 0.00442. The van der Waals surface area contributed by atoms with Crippen molar-refractivity contribution < 1.29 is 9.59 Å². The number of unbranched alkanes of at least 4 members (excludes halogenated alkanes) is 9. The van der Waals surface area contributed by atoms with E-state index in [2.05, 4.69) is 6.92 Å². The fraction of sp³-hybridized carbons (Fsp3) is 0.636. The van der Waals surface area contributed by atoms with Gasteiger partial charge in [-0.15, -0.1) is 0 Å². The summed E-state index contributed by atoms with van der Waals surface area (Å²) in [6.07, 6.45) is 13.0. The lowest BCUT2D eigenvalue weighted by atomic mass is 10.0. The number of thioether (sulfide) groups is 1. The zero-order valence-corrected chi connectivity index (χ0v) is 16.8. The number of Topliss-reactive ketones (excluding diaryl/α,β-unsaturated/α-hetero) is 1. The molecule has 0 heterocycles. The van der Waals surface area contributed by atoms with E-state index in [-0.39, 0.29) is 10.9 Å². The van der Waals surface area contributed by atoms with Crippen molar-refractivity contribution in [2.75, 3.05) is 5.75 Å². The molecule has 0 bridgehead atoms. The van der Waals surface area contributed by atoms with Crippen LogP contribution in [0.5, 0.6) is 0 Å². The van der Waals surface area contributed by atoms with E-state index in [0.717, 1.165) is 12.2 Å². The second-order valence-corrected chi connectivity index (χ2v) is 7.90. The summed E-state index contributed by atoms with van der Waals surface area (Å²) in [5, 5.41) is 0.00442. The Labute approximate surface area is 158 Å². The van der Waals surface area contributed by atoms with E-state index < -0.39 is 5.92 Å². The van der Waals surface area contributed by atoms with Crippen LogP contribution in [0, 0.1) is 5.92 Å². The zero-order valence-electron chi connectivity index (χ0n) is 16.0. The minimum Gasteiger partial charge on any atom is -0.293 e. The van der Waals surface area contributed by atoms with Crippen molar-refractivity contribution in [1.82, 2.24) is 0 Å². The summed E-state index contributed by atoms with van der Waals surface area (Å²) in [7, 11) is 0. The first-order valence-electron chi connectivity index (χ1n) is 9.92. The van der Waals surface area contributed by atoms with Crippen molar-refractivity contribution in [3.63, 3.8) is 0 Å². The Bertz CT molecular complexity index is 484. The summed E-state index contributed by atoms with van der Waals surface area (Å²) in [5.41, 5.74) is 0.628. The van der Waals surface area contributed by atoms with E-state index in [1.165, 1.54) is 69.5 Å². The van der Waals surface area contributed by atoms with Gasteiger partial charge in [-0.3, -0.25) is 9.59 Å². The van der Waals surface area contributed by atoms with Crippen LogP contribution in [0.4, 0.5) is 0 Å². The van der Waals surface area contributed by atoms with E-state index in [9.17, 15) is 9.59 Å². The lowest BCUT2D eigenvalue weighted by Gasteiger charge is -2.09. The van der Waals surface area contributed by atoms with Gasteiger partial charge in [0.05, 0.1) is 5.92 Å². The molecule has 0 N–H and O–H groups in total. The van der Waals surface area contributed by atoms with Crippen molar-refractivity contribution >= 4 is 22.7 Å². The lowest BCUT2D eigenvalue weighted by molar-refractivity contribution is -0.112. The largest absolute Gasteiger partial charge is 0.293 e. The molecule has 0 aromatic heterocycles. The SMILES string of the molecule is CCCCCCCCCCCCSC(=O)C(C)C(=O)c1ccccc1. The molecular weight excluding hydrogens is 328 g/mol. The maximum atomic E-state index is 12.3. The Kier molecular flexibility index (Phi) is 12.4. The van der Waals surface area contributed by atoms with Crippen molar-refractivity contribution in [3.05, 3.63) is 35.9 Å². The molecule has 2 nitrogen and oxygen atoms in total. The third-order valence-corrected chi connectivity index (χ3v) is 5.68. The van der Waals surface area contributed by atoms with Gasteiger partial charge in [0, 0.05) is 11.3 Å². The number of ketones is 1. The quantitative estimate of drug-likeness (QED) is 0.210. The first-order valence-corrected chi connectivity index (χ1v) is 10.9. The van der Waals surface area contributed by atoms with Gasteiger partial charge in [0.1, 0.15) is 0 Å². The van der Waals surface area contributed by atoms with Crippen molar-refractivity contribution in [3.8, 4) is 0 Å². The Balaban J connectivity index is 2.04. The average molecular weight is 363 g/mol. The molecule has 1 aromatic rings. The zero-order chi connectivity index (χ0) is 18.3. The number of hydrogen-bond acceptors (Lipinski definition) is 3. The van der Waals surface area contributed by atoms with Gasteiger partial charge in [0.2, 0.25) is 0 Å². The summed E-state index contributed by atoms with van der Waals surface area (Å²) < 4.78 is 0. The standard InChI is InChI=1S/C22H34O2S/c1-3-4-5-6-7-8-9-10-11-15-18-25-22(24)19(2)21(23)20-16-13-12-14-17-20/h12-14,16-17,19H,3-11,15,18H2,1-2H3. The van der Waals surface area contributed by atoms with Crippen LogP contribution in [0.2, 0.25) is 0 Å². The van der Waals surface area contributed by atoms with Crippen LogP contribution in [0.15, 0.2) is 30.3 Å². The fourth-order valence-electron chi connectivity index (χ4n) is 2.85. The van der Waals surface area contributed by atoms with Gasteiger partial charge in [0.15, 0.2) is 10.9 Å². The minimum atomic E-state index is -0.546. The Morgan fingerprint density at radius 3 is 1.92 bits per heavy atom. The molecule has 1 unspecified atom stereocenters. The molecular formula is C22H34O2S. The highest BCUT2D eigenvalue weighted by Crippen LogP contribution is 2.18. The van der Waals surface area contributed by atoms with Crippen LogP contribution in [-0.2, 0) is 4.79 Å². The second kappa shape index (κ2) is 14.1. The summed E-state index contributed by atoms with van der Waals surface area (Å²) in [6.45, 7) is 3.98. The molecule has 0 spiro atoms. The first-order chi connectivity index (χ1) is 12.2. The second-order valence-electron chi connectivity index (χ2n) is 6.80. The monoisotopic (exact) mass is 362 g/mol. The van der Waals surface area contributed by atoms with Crippen LogP contribution in [0.25, 0.3) is 0 Å². The average Bonchev–Trinajstić information content (AvgIpc) is 2.65. The molecule has 3 heteroatoms. The number of hydrogen-bond donors (Lipinski definition) is 0. The van der Waals surface area contributed by atoms with Crippen LogP contribution in [-0.4, -0.2) is 16.7 Å². The van der Waals surface area contributed by atoms with E-state index in [1.807, 2.05) is 18.2 Å². The molecule has 0 fully saturated rings. The molecule has 1 atom stereocenters. The number of carbonyl (C=O) groups excluding carboxylic acids is 2. The smallest absolute Gasteiger partial charge is 0.199 e. The summed E-state index contributed by atoms with van der Waals surface area (Å²) >= 11 is 1.33. The number of rotatable bonds is 14. The molecule has 0 radical (unpaired) electrons. The predicted octanol–water partition coefficient (Wildman–Crippen LogP) is 6.69. The van der Waals surface area contributed by atoms with Gasteiger partial charge in [0.25, 0.3) is 0 Å². The third kappa shape index (κ3) is 9.84. The van der Waals surface area contributed by atoms with E-state index in [1.54, 1.807) is 19.1 Å². The molecule has 1 rings (SSSR count). The number of carbonyl (C=O) groups is 2. The molecule has 0 saturated carbocycles. The number of benzene rings is 1. The third-order valence-electron chi connectivity index (χ3n) is 4.55. The predicted molar refractivity (Wildman–Crippen MR) is 109 cm³/mol. The van der Waals surface area contributed by atoms with Crippen molar-refractivity contribution in [1.29, 1.82) is 0 Å². The van der Waals surface area contributed by atoms with Crippen LogP contribution in [0.3, 0.4) is 0 Å². The molecule has 0 saturated heterocycles. The van der Waals surface area contributed by atoms with Crippen molar-refractivity contribution in [2.24, 2.45) is 5.92 Å². The van der Waals surface area contributed by atoms with Gasteiger partial charge in [-0.2, -0.15) is 0 Å². The fourth-order valence-corrected chi connectivity index (χ4v) is 3.75. The van der Waals surface area contributed by atoms with Gasteiger partial charge in [-0.25, -0.2) is 0 Å². The summed E-state index contributed by atoms with van der Waals surface area (Å²) in [5.74, 6) is 0.221. The molecule has 1 aromatic carbocycles. The van der Waals surface area contributed by atoms with Gasteiger partial charge in [-0.05, 0) is 13.3 Å². The van der Waals surface area contributed by atoms with Gasteiger partial charge in [-0.1, -0.05) is 107 Å². The highest BCUT2D eigenvalue weighted by molar-refractivity contribution is 8.13. The summed E-state index contributed by atoms with van der Waals surface area (Å²) in [4.78, 5) is 24.4. The molecule has 0 aliphatic carbocycles. The first kappa shape index (κ1) is 22.0. The molecule has 25 heavy (non-hydrogen) atoms. The van der Waals surface area contributed by atoms with Crippen LogP contribution < -0.4 is 0 Å². The van der Waals surface area contributed by atoms with Crippen LogP contribution in [0.1, 0.15) is 88.4 Å². The van der Waals surface area contributed by atoms with E-state index >= 15 is 0 Å². The normalized spacial score (nSPS) is 12.1. The van der Waals surface area contributed by atoms with E-state index in [0.29, 0.717) is 5.56 Å².